The van der Waals surface area contributed by atoms with Gasteiger partial charge < -0.3 is 4.90 Å². The van der Waals surface area contributed by atoms with Crippen molar-refractivity contribution in [3.63, 3.8) is 0 Å². The Morgan fingerprint density at radius 3 is 2.73 bits per heavy atom. The molecule has 0 spiro atoms. The summed E-state index contributed by atoms with van der Waals surface area (Å²) >= 11 is 8.83. The predicted octanol–water partition coefficient (Wildman–Crippen LogP) is 5.37. The van der Waals surface area contributed by atoms with E-state index in [4.69, 9.17) is 16.6 Å². The van der Waals surface area contributed by atoms with Crippen LogP contribution in [-0.4, -0.2) is 33.2 Å². The minimum atomic E-state index is 0.00197. The molecule has 1 aliphatic carbocycles. The molecule has 1 amide bonds. The van der Waals surface area contributed by atoms with E-state index >= 15 is 0 Å². The van der Waals surface area contributed by atoms with Crippen LogP contribution in [0.2, 0.25) is 4.34 Å². The average Bonchev–Trinajstić information content (AvgIpc) is 3.17. The molecule has 0 atom stereocenters. The number of aromatic nitrogens is 2. The highest BCUT2D eigenvalue weighted by molar-refractivity contribution is 7.99. The molecular formula is C22H24ClN3O2S2. The number of para-hydroxylation sites is 1. The van der Waals surface area contributed by atoms with Crippen molar-refractivity contribution in [3.05, 3.63) is 56.0 Å². The normalized spacial score (nSPS) is 14.9. The SMILES string of the molecule is CN(Cc1ccc(Cl)s1)C(=O)CSc1nc2ccccc2c(=O)n1C1CCCCC1. The quantitative estimate of drug-likeness (QED) is 0.366. The number of thiophene rings is 1. The molecule has 0 bridgehead atoms. The van der Waals surface area contributed by atoms with Crippen LogP contribution in [0.25, 0.3) is 10.9 Å². The first kappa shape index (κ1) is 21.4. The third kappa shape index (κ3) is 4.74. The topological polar surface area (TPSA) is 55.2 Å². The molecule has 0 unspecified atom stereocenters. The van der Waals surface area contributed by atoms with Gasteiger partial charge in [0.1, 0.15) is 0 Å². The molecule has 1 fully saturated rings. The smallest absolute Gasteiger partial charge is 0.262 e. The minimum Gasteiger partial charge on any atom is -0.340 e. The maximum atomic E-state index is 13.3. The summed E-state index contributed by atoms with van der Waals surface area (Å²) in [6, 6.07) is 11.4. The molecular weight excluding hydrogens is 438 g/mol. The highest BCUT2D eigenvalue weighted by atomic mass is 35.5. The Kier molecular flexibility index (Phi) is 6.80. The first-order chi connectivity index (χ1) is 14.5. The lowest BCUT2D eigenvalue weighted by Gasteiger charge is -2.26. The highest BCUT2D eigenvalue weighted by Crippen LogP contribution is 2.31. The van der Waals surface area contributed by atoms with Gasteiger partial charge in [0.25, 0.3) is 5.56 Å². The van der Waals surface area contributed by atoms with Gasteiger partial charge in [0.05, 0.1) is 27.5 Å². The lowest BCUT2D eigenvalue weighted by atomic mass is 9.95. The molecule has 5 nitrogen and oxygen atoms in total. The number of amides is 1. The van der Waals surface area contributed by atoms with Crippen molar-refractivity contribution in [2.75, 3.05) is 12.8 Å². The molecule has 1 aliphatic rings. The van der Waals surface area contributed by atoms with Crippen LogP contribution in [0.1, 0.15) is 43.0 Å². The number of hydrogen-bond acceptors (Lipinski definition) is 5. The van der Waals surface area contributed by atoms with Crippen molar-refractivity contribution in [3.8, 4) is 0 Å². The number of thioether (sulfide) groups is 1. The summed E-state index contributed by atoms with van der Waals surface area (Å²) in [5.74, 6) is 0.245. The number of nitrogens with zero attached hydrogens (tertiary/aromatic N) is 3. The molecule has 8 heteroatoms. The first-order valence-corrected chi connectivity index (χ1v) is 12.3. The number of carbonyl (C=O) groups is 1. The third-order valence-electron chi connectivity index (χ3n) is 5.49. The van der Waals surface area contributed by atoms with Gasteiger partial charge >= 0.3 is 0 Å². The molecule has 0 radical (unpaired) electrons. The Balaban J connectivity index is 1.56. The number of halogens is 1. The van der Waals surface area contributed by atoms with Crippen LogP contribution in [-0.2, 0) is 11.3 Å². The summed E-state index contributed by atoms with van der Waals surface area (Å²) in [4.78, 5) is 33.5. The predicted molar refractivity (Wildman–Crippen MR) is 125 cm³/mol. The van der Waals surface area contributed by atoms with Gasteiger partial charge in [0.2, 0.25) is 5.91 Å². The number of rotatable bonds is 6. The molecule has 4 rings (SSSR count). The van der Waals surface area contributed by atoms with E-state index in [1.165, 1.54) is 29.5 Å². The number of benzene rings is 1. The fourth-order valence-corrected chi connectivity index (χ4v) is 6.03. The summed E-state index contributed by atoms with van der Waals surface area (Å²) < 4.78 is 2.57. The molecule has 158 valence electrons. The molecule has 30 heavy (non-hydrogen) atoms. The summed E-state index contributed by atoms with van der Waals surface area (Å²) in [5.41, 5.74) is 0.690. The van der Waals surface area contributed by atoms with Crippen molar-refractivity contribution in [1.82, 2.24) is 14.5 Å². The number of carbonyl (C=O) groups excluding carboxylic acids is 1. The molecule has 0 N–H and O–H groups in total. The van der Waals surface area contributed by atoms with Crippen molar-refractivity contribution in [1.29, 1.82) is 0 Å². The van der Waals surface area contributed by atoms with Crippen LogP contribution in [0.15, 0.2) is 46.3 Å². The Morgan fingerprint density at radius 2 is 2.00 bits per heavy atom. The number of fused-ring (bicyclic) bond motifs is 1. The van der Waals surface area contributed by atoms with Crippen LogP contribution < -0.4 is 5.56 Å². The van der Waals surface area contributed by atoms with Gasteiger partial charge in [-0.1, -0.05) is 54.8 Å². The van der Waals surface area contributed by atoms with E-state index in [9.17, 15) is 9.59 Å². The van der Waals surface area contributed by atoms with E-state index in [1.807, 2.05) is 41.0 Å². The Morgan fingerprint density at radius 1 is 1.23 bits per heavy atom. The van der Waals surface area contributed by atoms with Gasteiger partial charge in [0, 0.05) is 18.0 Å². The van der Waals surface area contributed by atoms with E-state index in [0.717, 1.165) is 34.9 Å². The minimum absolute atomic E-state index is 0.00197. The summed E-state index contributed by atoms with van der Waals surface area (Å²) in [5, 5.41) is 1.29. The second-order valence-electron chi connectivity index (χ2n) is 7.62. The van der Waals surface area contributed by atoms with Gasteiger partial charge in [-0.2, -0.15) is 0 Å². The Labute approximate surface area is 189 Å². The van der Waals surface area contributed by atoms with E-state index in [2.05, 4.69) is 0 Å². The van der Waals surface area contributed by atoms with Crippen molar-refractivity contribution >= 4 is 51.5 Å². The zero-order valence-corrected chi connectivity index (χ0v) is 19.2. The lowest BCUT2D eigenvalue weighted by molar-refractivity contribution is -0.127. The van der Waals surface area contributed by atoms with Gasteiger partial charge in [-0.05, 0) is 37.1 Å². The van der Waals surface area contributed by atoms with Crippen molar-refractivity contribution in [2.45, 2.75) is 49.8 Å². The molecule has 2 heterocycles. The Bertz CT molecular complexity index is 1110. The van der Waals surface area contributed by atoms with Gasteiger partial charge in [-0.15, -0.1) is 11.3 Å². The zero-order valence-electron chi connectivity index (χ0n) is 16.8. The van der Waals surface area contributed by atoms with Crippen LogP contribution >= 0.6 is 34.7 Å². The maximum absolute atomic E-state index is 13.3. The van der Waals surface area contributed by atoms with E-state index in [1.54, 1.807) is 11.9 Å². The van der Waals surface area contributed by atoms with Gasteiger partial charge in [-0.3, -0.25) is 14.2 Å². The van der Waals surface area contributed by atoms with Gasteiger partial charge in [0.15, 0.2) is 5.16 Å². The molecule has 1 aromatic carbocycles. The summed E-state index contributed by atoms with van der Waals surface area (Å²) in [6.07, 6.45) is 5.43. The largest absolute Gasteiger partial charge is 0.340 e. The maximum Gasteiger partial charge on any atom is 0.262 e. The molecule has 1 saturated carbocycles. The van der Waals surface area contributed by atoms with Crippen LogP contribution in [0.4, 0.5) is 0 Å². The summed E-state index contributed by atoms with van der Waals surface area (Å²) in [6.45, 7) is 0.525. The monoisotopic (exact) mass is 461 g/mol. The standard InChI is InChI=1S/C22H24ClN3O2S2/c1-25(13-16-11-12-19(23)30-16)20(27)14-29-22-24-18-10-6-5-9-17(18)21(28)26(22)15-7-3-2-4-8-15/h5-6,9-12,15H,2-4,7-8,13-14H2,1H3. The number of hydrogen-bond donors (Lipinski definition) is 0. The van der Waals surface area contributed by atoms with Crippen LogP contribution in [0, 0.1) is 0 Å². The fraction of sp³-hybridized carbons (Fsp3) is 0.409. The first-order valence-electron chi connectivity index (χ1n) is 10.1. The van der Waals surface area contributed by atoms with Crippen molar-refractivity contribution in [2.24, 2.45) is 0 Å². The van der Waals surface area contributed by atoms with Crippen LogP contribution in [0.5, 0.6) is 0 Å². The molecule has 0 saturated heterocycles. The molecule has 3 aromatic rings. The fourth-order valence-electron chi connectivity index (χ4n) is 3.88. The van der Waals surface area contributed by atoms with E-state index in [-0.39, 0.29) is 23.3 Å². The second-order valence-corrected chi connectivity index (χ2v) is 10.4. The Hall–Kier alpha value is -1.83. The lowest BCUT2D eigenvalue weighted by Crippen LogP contribution is -2.30. The third-order valence-corrected chi connectivity index (χ3v) is 7.64. The van der Waals surface area contributed by atoms with Gasteiger partial charge in [-0.25, -0.2) is 4.98 Å². The van der Waals surface area contributed by atoms with E-state index < -0.39 is 0 Å². The second kappa shape index (κ2) is 9.54. The zero-order chi connectivity index (χ0) is 21.1. The van der Waals surface area contributed by atoms with Crippen molar-refractivity contribution < 1.29 is 4.79 Å². The highest BCUT2D eigenvalue weighted by Gasteiger charge is 2.23. The van der Waals surface area contributed by atoms with E-state index in [0.29, 0.717) is 22.6 Å². The average molecular weight is 462 g/mol. The summed E-state index contributed by atoms with van der Waals surface area (Å²) in [7, 11) is 1.79. The van der Waals surface area contributed by atoms with Crippen LogP contribution in [0.3, 0.4) is 0 Å². The molecule has 0 aliphatic heterocycles. The molecule has 2 aromatic heterocycles.